The number of methoxy groups -OCH3 is 1. The van der Waals surface area contributed by atoms with Gasteiger partial charge in [0.1, 0.15) is 4.88 Å². The second-order valence-corrected chi connectivity index (χ2v) is 14.3. The summed E-state index contributed by atoms with van der Waals surface area (Å²) < 4.78 is 11.1. The Morgan fingerprint density at radius 3 is 2.58 bits per heavy atom. The van der Waals surface area contributed by atoms with Gasteiger partial charge in [-0.05, 0) is 61.2 Å². The van der Waals surface area contributed by atoms with E-state index in [2.05, 4.69) is 33.9 Å². The van der Waals surface area contributed by atoms with Crippen LogP contribution in [0.1, 0.15) is 54.6 Å². The highest BCUT2D eigenvalue weighted by atomic mass is 32.1. The summed E-state index contributed by atoms with van der Waals surface area (Å²) in [5.74, 6) is -0.0734. The van der Waals surface area contributed by atoms with Crippen molar-refractivity contribution >= 4 is 31.4 Å². The molecule has 0 N–H and O–H groups in total. The molecule has 144 valence electrons. The van der Waals surface area contributed by atoms with Gasteiger partial charge in [0, 0.05) is 11.3 Å². The molecule has 0 bridgehead atoms. The fourth-order valence-corrected chi connectivity index (χ4v) is 4.95. The number of rotatable bonds is 7. The predicted octanol–water partition coefficient (Wildman–Crippen LogP) is 5.15. The van der Waals surface area contributed by atoms with Crippen LogP contribution in [0.15, 0.2) is 23.8 Å². The Labute approximate surface area is 161 Å². The van der Waals surface area contributed by atoms with E-state index in [-0.39, 0.29) is 22.9 Å². The number of ketones is 1. The largest absolute Gasteiger partial charge is 0.465 e. The van der Waals surface area contributed by atoms with E-state index in [1.165, 1.54) is 18.4 Å². The minimum absolute atomic E-state index is 0.0638. The zero-order chi connectivity index (χ0) is 19.5. The molecule has 0 saturated heterocycles. The van der Waals surface area contributed by atoms with Crippen LogP contribution in [0.25, 0.3) is 0 Å². The van der Waals surface area contributed by atoms with Crippen molar-refractivity contribution in [1.29, 1.82) is 0 Å². The lowest BCUT2D eigenvalue weighted by Crippen LogP contribution is -2.43. The average Bonchev–Trinajstić information content (AvgIpc) is 3.12. The number of allylic oxidation sites excluding steroid dienone is 1. The molecule has 1 aromatic heterocycles. The first-order chi connectivity index (χ1) is 12.0. The summed E-state index contributed by atoms with van der Waals surface area (Å²) in [5, 5.41) is 0.142. The second kappa shape index (κ2) is 8.19. The van der Waals surface area contributed by atoms with Crippen LogP contribution in [-0.2, 0) is 20.4 Å². The maximum Gasteiger partial charge on any atom is 0.348 e. The summed E-state index contributed by atoms with van der Waals surface area (Å²) in [5.41, 5.74) is 0.901. The number of ether oxygens (including phenoxy) is 1. The molecule has 0 aromatic carbocycles. The lowest BCUT2D eigenvalue weighted by atomic mass is 10.1. The van der Waals surface area contributed by atoms with Crippen LogP contribution >= 0.6 is 11.3 Å². The lowest BCUT2D eigenvalue weighted by Gasteiger charge is -2.37. The number of hydrogen-bond donors (Lipinski definition) is 0. The smallest absolute Gasteiger partial charge is 0.348 e. The van der Waals surface area contributed by atoms with Gasteiger partial charge in [0.25, 0.3) is 0 Å². The van der Waals surface area contributed by atoms with Crippen molar-refractivity contribution in [3.05, 3.63) is 33.5 Å². The van der Waals surface area contributed by atoms with E-state index in [4.69, 9.17) is 9.16 Å². The molecule has 1 aromatic rings. The first kappa shape index (κ1) is 21.1. The van der Waals surface area contributed by atoms with Crippen LogP contribution in [0.4, 0.5) is 0 Å². The lowest BCUT2D eigenvalue weighted by molar-refractivity contribution is -0.115. The molecular weight excluding hydrogens is 364 g/mol. The molecule has 0 saturated carbocycles. The SMILES string of the molecule is COC(=O)c1ccc(CCCC2=C[C@H](O[Si](C)(C)C(C)(C)C)CC2=O)s1. The minimum atomic E-state index is -1.86. The number of carbonyl (C=O) groups excluding carboxylic acids is 2. The van der Waals surface area contributed by atoms with Crippen LogP contribution < -0.4 is 0 Å². The Bertz CT molecular complexity index is 697. The van der Waals surface area contributed by atoms with Gasteiger partial charge in [-0.1, -0.05) is 20.8 Å². The van der Waals surface area contributed by atoms with E-state index in [0.29, 0.717) is 11.3 Å². The van der Waals surface area contributed by atoms with Crippen LogP contribution in [0, 0.1) is 0 Å². The predicted molar refractivity (Wildman–Crippen MR) is 108 cm³/mol. The molecule has 1 aliphatic carbocycles. The van der Waals surface area contributed by atoms with E-state index in [1.807, 2.05) is 12.1 Å². The van der Waals surface area contributed by atoms with E-state index >= 15 is 0 Å². The Kier molecular flexibility index (Phi) is 6.63. The Morgan fingerprint density at radius 1 is 1.27 bits per heavy atom. The van der Waals surface area contributed by atoms with Crippen molar-refractivity contribution in [1.82, 2.24) is 0 Å². The highest BCUT2D eigenvalue weighted by molar-refractivity contribution is 7.13. The normalized spacial score (nSPS) is 18.2. The maximum atomic E-state index is 12.3. The third kappa shape index (κ3) is 5.15. The van der Waals surface area contributed by atoms with Gasteiger partial charge < -0.3 is 9.16 Å². The molecule has 0 unspecified atom stereocenters. The third-order valence-electron chi connectivity index (χ3n) is 5.30. The van der Waals surface area contributed by atoms with Crippen molar-refractivity contribution in [3.63, 3.8) is 0 Å². The second-order valence-electron chi connectivity index (χ2n) is 8.35. The van der Waals surface area contributed by atoms with Crippen LogP contribution in [0.3, 0.4) is 0 Å². The monoisotopic (exact) mass is 394 g/mol. The quantitative estimate of drug-likeness (QED) is 0.474. The molecule has 1 atom stereocenters. The summed E-state index contributed by atoms with van der Waals surface area (Å²) >= 11 is 1.46. The standard InChI is InChI=1S/C20H30O4SSi/c1-20(2,3)26(5,6)24-15-12-14(17(21)13-15)8-7-9-16-10-11-18(25-16)19(22)23-4/h10-12,15H,7-9,13H2,1-6H3/t15-/m0/s1. The Morgan fingerprint density at radius 2 is 1.96 bits per heavy atom. The summed E-state index contributed by atoms with van der Waals surface area (Å²) in [6.07, 6.45) is 4.98. The molecule has 0 fully saturated rings. The number of thiophene rings is 1. The van der Waals surface area contributed by atoms with Gasteiger partial charge in [-0.2, -0.15) is 0 Å². The molecular formula is C20H30O4SSi. The van der Waals surface area contributed by atoms with E-state index < -0.39 is 8.32 Å². The molecule has 4 nitrogen and oxygen atoms in total. The van der Waals surface area contributed by atoms with Gasteiger partial charge in [-0.15, -0.1) is 11.3 Å². The summed E-state index contributed by atoms with van der Waals surface area (Å²) in [7, 11) is -0.473. The topological polar surface area (TPSA) is 52.6 Å². The molecule has 1 heterocycles. The highest BCUT2D eigenvalue weighted by Gasteiger charge is 2.40. The molecule has 26 heavy (non-hydrogen) atoms. The molecule has 0 spiro atoms. The molecule has 1 aliphatic rings. The van der Waals surface area contributed by atoms with Crippen LogP contribution in [0.5, 0.6) is 0 Å². The summed E-state index contributed by atoms with van der Waals surface area (Å²) in [4.78, 5) is 25.6. The first-order valence-electron chi connectivity index (χ1n) is 9.12. The minimum Gasteiger partial charge on any atom is -0.465 e. The van der Waals surface area contributed by atoms with Crippen molar-refractivity contribution in [2.24, 2.45) is 0 Å². The number of carbonyl (C=O) groups is 2. The van der Waals surface area contributed by atoms with Crippen molar-refractivity contribution < 1.29 is 18.8 Å². The zero-order valence-electron chi connectivity index (χ0n) is 16.7. The zero-order valence-corrected chi connectivity index (χ0v) is 18.5. The number of Topliss-reactive ketones (excluding diaryl/α,β-unsaturated/α-hetero) is 1. The fourth-order valence-electron chi connectivity index (χ4n) is 2.72. The van der Waals surface area contributed by atoms with E-state index in [9.17, 15) is 9.59 Å². The van der Waals surface area contributed by atoms with Crippen molar-refractivity contribution in [2.45, 2.75) is 70.7 Å². The number of aryl methyl sites for hydroxylation is 1. The van der Waals surface area contributed by atoms with Gasteiger partial charge in [0.2, 0.25) is 0 Å². The molecule has 6 heteroatoms. The first-order valence-corrected chi connectivity index (χ1v) is 12.8. The van der Waals surface area contributed by atoms with Crippen LogP contribution in [-0.4, -0.2) is 33.3 Å². The number of hydrogen-bond acceptors (Lipinski definition) is 5. The number of esters is 1. The highest BCUT2D eigenvalue weighted by Crippen LogP contribution is 2.39. The van der Waals surface area contributed by atoms with Gasteiger partial charge in [0.15, 0.2) is 14.1 Å². The van der Waals surface area contributed by atoms with Crippen LogP contribution in [0.2, 0.25) is 18.1 Å². The molecule has 2 rings (SSSR count). The summed E-state index contributed by atoms with van der Waals surface area (Å²) in [6.45, 7) is 11.1. The van der Waals surface area contributed by atoms with E-state index in [1.54, 1.807) is 6.07 Å². The molecule has 0 amide bonds. The fraction of sp³-hybridized carbons (Fsp3) is 0.600. The van der Waals surface area contributed by atoms with Gasteiger partial charge in [0.05, 0.1) is 13.2 Å². The average molecular weight is 395 g/mol. The molecule has 0 radical (unpaired) electrons. The third-order valence-corrected chi connectivity index (χ3v) is 10.9. The van der Waals surface area contributed by atoms with Crippen molar-refractivity contribution in [3.8, 4) is 0 Å². The Hall–Kier alpha value is -1.24. The van der Waals surface area contributed by atoms with Gasteiger partial charge in [-0.25, -0.2) is 4.79 Å². The molecule has 0 aliphatic heterocycles. The van der Waals surface area contributed by atoms with Gasteiger partial charge >= 0.3 is 5.97 Å². The summed E-state index contributed by atoms with van der Waals surface area (Å²) in [6, 6.07) is 3.76. The van der Waals surface area contributed by atoms with Crippen molar-refractivity contribution in [2.75, 3.05) is 7.11 Å². The van der Waals surface area contributed by atoms with E-state index in [0.717, 1.165) is 29.7 Å². The maximum absolute atomic E-state index is 12.3. The van der Waals surface area contributed by atoms with Gasteiger partial charge in [-0.3, -0.25) is 4.79 Å². The Balaban J connectivity index is 1.88.